The van der Waals surface area contributed by atoms with Gasteiger partial charge in [-0.1, -0.05) is 42.1 Å². The number of carbonyl (C=O) groups excluding carboxylic acids is 3. The predicted octanol–water partition coefficient (Wildman–Crippen LogP) is 1.50. The summed E-state index contributed by atoms with van der Waals surface area (Å²) in [6, 6.07) is 7.38. The number of aliphatic hydroxyl groups is 1. The highest BCUT2D eigenvalue weighted by Gasteiger charge is 2.54. The molecule has 3 atom stereocenters. The molecule has 2 aromatic rings. The quantitative estimate of drug-likeness (QED) is 0.174. The normalized spacial score (nSPS) is 19.7. The third-order valence-electron chi connectivity index (χ3n) is 6.32. The Morgan fingerprint density at radius 3 is 2.67 bits per heavy atom. The summed E-state index contributed by atoms with van der Waals surface area (Å²) in [7, 11) is 0. The first-order valence-electron chi connectivity index (χ1n) is 12.2. The third-order valence-corrected chi connectivity index (χ3v) is 8.75. The van der Waals surface area contributed by atoms with Crippen molar-refractivity contribution >= 4 is 47.3 Å². The van der Waals surface area contributed by atoms with Gasteiger partial charge in [0, 0.05) is 17.9 Å². The highest BCUT2D eigenvalue weighted by molar-refractivity contribution is 8.01. The number of carboxylic acid groups (broad SMARTS) is 1. The number of rotatable bonds is 11. The number of H-pyrrole nitrogens is 1. The molecule has 3 heterocycles. The number of hydrogen-bond donors (Lipinski definition) is 4. The maximum absolute atomic E-state index is 13.0. The zero-order chi connectivity index (χ0) is 28.3. The summed E-state index contributed by atoms with van der Waals surface area (Å²) in [6.07, 6.45) is -1.18. The largest absolute Gasteiger partial charge is 0.477 e. The van der Waals surface area contributed by atoms with Crippen LogP contribution in [-0.2, 0) is 30.3 Å². The summed E-state index contributed by atoms with van der Waals surface area (Å²) in [6.45, 7) is 5.50. The first kappa shape index (κ1) is 28.6. The highest BCUT2D eigenvalue weighted by Crippen LogP contribution is 2.42. The van der Waals surface area contributed by atoms with Crippen molar-refractivity contribution in [1.29, 1.82) is 0 Å². The summed E-state index contributed by atoms with van der Waals surface area (Å²) < 4.78 is 5.14. The Balaban J connectivity index is 1.43. The SMILES string of the molecule is CCOC(=O)C(C)(C)Cc1n[nH]nc1SCC1=C(C(=O)O)N2C(=O)C(NC(=O)[C@H](O)c3ccccc3)[C@H]2SC1. The number of esters is 1. The number of nitrogens with zero attached hydrogens (tertiary/aromatic N) is 3. The summed E-state index contributed by atoms with van der Waals surface area (Å²) in [4.78, 5) is 51.2. The average Bonchev–Trinajstić information content (AvgIpc) is 3.35. The third kappa shape index (κ3) is 5.97. The molecule has 0 radical (unpaired) electrons. The number of benzene rings is 1. The minimum atomic E-state index is -1.45. The minimum Gasteiger partial charge on any atom is -0.477 e. The van der Waals surface area contributed by atoms with E-state index in [-0.39, 0.29) is 30.4 Å². The Bertz CT molecular complexity index is 1300. The van der Waals surface area contributed by atoms with Gasteiger partial charge in [-0.15, -0.1) is 16.9 Å². The van der Waals surface area contributed by atoms with Crippen LogP contribution in [0.3, 0.4) is 0 Å². The molecule has 1 fully saturated rings. The lowest BCUT2D eigenvalue weighted by Gasteiger charge is -2.49. The molecule has 1 aromatic carbocycles. The number of thioether (sulfide) groups is 2. The molecule has 2 amide bonds. The van der Waals surface area contributed by atoms with Crippen LogP contribution >= 0.6 is 23.5 Å². The number of hydrogen-bond acceptors (Lipinski definition) is 10. The van der Waals surface area contributed by atoms with E-state index in [1.54, 1.807) is 51.1 Å². The summed E-state index contributed by atoms with van der Waals surface area (Å²) in [5, 5.41) is 33.6. The lowest BCUT2D eigenvalue weighted by atomic mass is 9.88. The molecule has 1 unspecified atom stereocenters. The maximum Gasteiger partial charge on any atom is 0.352 e. The Kier molecular flexibility index (Phi) is 8.67. The van der Waals surface area contributed by atoms with Gasteiger partial charge in [0.15, 0.2) is 6.10 Å². The van der Waals surface area contributed by atoms with E-state index in [2.05, 4.69) is 20.7 Å². The fourth-order valence-corrected chi connectivity index (χ4v) is 6.67. The summed E-state index contributed by atoms with van der Waals surface area (Å²) >= 11 is 2.59. The molecular weight excluding hydrogens is 546 g/mol. The van der Waals surface area contributed by atoms with Gasteiger partial charge in [0.2, 0.25) is 0 Å². The number of β-lactam (4-membered cyclic amide) rings is 1. The van der Waals surface area contributed by atoms with E-state index in [4.69, 9.17) is 4.74 Å². The van der Waals surface area contributed by atoms with E-state index in [9.17, 15) is 29.4 Å². The fraction of sp³-hybridized carbons (Fsp3) is 0.440. The van der Waals surface area contributed by atoms with Crippen molar-refractivity contribution in [3.8, 4) is 0 Å². The summed E-state index contributed by atoms with van der Waals surface area (Å²) in [5.41, 5.74) is 0.506. The molecule has 4 N–H and O–H groups in total. The van der Waals surface area contributed by atoms with Gasteiger partial charge in [-0.25, -0.2) is 4.79 Å². The van der Waals surface area contributed by atoms with Crippen molar-refractivity contribution in [2.24, 2.45) is 5.41 Å². The molecule has 0 saturated carbocycles. The van der Waals surface area contributed by atoms with Gasteiger partial charge in [-0.05, 0) is 31.9 Å². The van der Waals surface area contributed by atoms with E-state index >= 15 is 0 Å². The zero-order valence-corrected chi connectivity index (χ0v) is 23.2. The number of carbonyl (C=O) groups is 4. The Morgan fingerprint density at radius 1 is 1.28 bits per heavy atom. The van der Waals surface area contributed by atoms with Crippen molar-refractivity contribution in [3.05, 3.63) is 52.9 Å². The Hall–Kier alpha value is -3.36. The zero-order valence-electron chi connectivity index (χ0n) is 21.5. The number of aromatic amines is 1. The molecule has 1 saturated heterocycles. The van der Waals surface area contributed by atoms with Crippen LogP contribution in [0.25, 0.3) is 0 Å². The van der Waals surface area contributed by atoms with E-state index in [0.717, 1.165) is 0 Å². The maximum atomic E-state index is 13.0. The lowest BCUT2D eigenvalue weighted by Crippen LogP contribution is -2.70. The van der Waals surface area contributed by atoms with Crippen LogP contribution < -0.4 is 5.32 Å². The minimum absolute atomic E-state index is 0.123. The van der Waals surface area contributed by atoms with Gasteiger partial charge >= 0.3 is 11.9 Å². The van der Waals surface area contributed by atoms with Crippen LogP contribution in [0.2, 0.25) is 0 Å². The number of nitrogens with one attached hydrogen (secondary N) is 2. The van der Waals surface area contributed by atoms with Crippen molar-refractivity contribution in [1.82, 2.24) is 25.6 Å². The van der Waals surface area contributed by atoms with E-state index in [0.29, 0.717) is 27.6 Å². The van der Waals surface area contributed by atoms with Gasteiger partial charge < -0.3 is 20.3 Å². The van der Waals surface area contributed by atoms with Crippen molar-refractivity contribution < 1.29 is 34.1 Å². The number of aliphatic carboxylic acids is 1. The molecule has 2 aliphatic rings. The number of aliphatic hydroxyl groups excluding tert-OH is 1. The van der Waals surface area contributed by atoms with Crippen LogP contribution in [0.5, 0.6) is 0 Å². The van der Waals surface area contributed by atoms with Gasteiger partial charge in [0.25, 0.3) is 11.8 Å². The van der Waals surface area contributed by atoms with Crippen LogP contribution in [0.15, 0.2) is 46.6 Å². The molecule has 0 spiro atoms. The molecule has 0 aliphatic carbocycles. The second-order valence-electron chi connectivity index (χ2n) is 9.61. The van der Waals surface area contributed by atoms with E-state index in [1.165, 1.54) is 28.4 Å². The smallest absolute Gasteiger partial charge is 0.352 e. The fourth-order valence-electron chi connectivity index (χ4n) is 4.26. The van der Waals surface area contributed by atoms with Crippen molar-refractivity contribution in [2.75, 3.05) is 18.1 Å². The van der Waals surface area contributed by atoms with Crippen LogP contribution in [0, 0.1) is 5.41 Å². The molecule has 4 rings (SSSR count). The average molecular weight is 576 g/mol. The number of amides is 2. The number of fused-ring (bicyclic) bond motifs is 1. The standard InChI is InChI=1S/C25H29N5O7S2/c1-4-37-24(36)25(2,3)10-15-20(28-29-27-15)38-11-14-12-39-22-16(21(33)30(22)17(14)23(34)35)26-19(32)18(31)13-8-6-5-7-9-13/h5-9,16,18,22,31H,4,10-12H2,1-3H3,(H,26,32)(H,34,35)(H,27,28,29)/t16?,18-,22-/m1/s1. The van der Waals surface area contributed by atoms with Gasteiger partial charge in [0.1, 0.15) is 22.1 Å². The van der Waals surface area contributed by atoms with Crippen LogP contribution in [-0.4, -0.2) is 83.8 Å². The molecule has 0 bridgehead atoms. The second-order valence-corrected chi connectivity index (χ2v) is 11.7. The van der Waals surface area contributed by atoms with E-state index < -0.39 is 40.7 Å². The first-order chi connectivity index (χ1) is 18.5. The second kappa shape index (κ2) is 11.8. The molecule has 208 valence electrons. The molecule has 12 nitrogen and oxygen atoms in total. The monoisotopic (exact) mass is 575 g/mol. The van der Waals surface area contributed by atoms with Crippen LogP contribution in [0.1, 0.15) is 38.1 Å². The van der Waals surface area contributed by atoms with E-state index in [1.807, 2.05) is 0 Å². The Labute approximate surface area is 232 Å². The topological polar surface area (TPSA) is 175 Å². The highest BCUT2D eigenvalue weighted by atomic mass is 32.2. The molecular formula is C25H29N5O7S2. The van der Waals surface area contributed by atoms with Crippen molar-refractivity contribution in [3.63, 3.8) is 0 Å². The van der Waals surface area contributed by atoms with Gasteiger partial charge in [-0.2, -0.15) is 10.3 Å². The molecule has 14 heteroatoms. The molecule has 39 heavy (non-hydrogen) atoms. The number of aromatic nitrogens is 3. The predicted molar refractivity (Wildman–Crippen MR) is 142 cm³/mol. The molecule has 2 aliphatic heterocycles. The first-order valence-corrected chi connectivity index (χ1v) is 14.2. The van der Waals surface area contributed by atoms with Crippen molar-refractivity contribution in [2.45, 2.75) is 49.7 Å². The van der Waals surface area contributed by atoms with Gasteiger partial charge in [0.05, 0.1) is 17.7 Å². The molecule has 1 aromatic heterocycles. The van der Waals surface area contributed by atoms with Gasteiger partial charge in [-0.3, -0.25) is 19.3 Å². The number of carboxylic acids is 1. The van der Waals surface area contributed by atoms with Crippen LogP contribution in [0.4, 0.5) is 0 Å². The summed E-state index contributed by atoms with van der Waals surface area (Å²) in [5.74, 6) is -2.34. The number of ether oxygens (including phenoxy) is 1. The lowest BCUT2D eigenvalue weighted by molar-refractivity contribution is -0.153. The Morgan fingerprint density at radius 2 is 2.00 bits per heavy atom.